The average molecular weight is 262 g/mol. The molecule has 1 saturated carbocycles. The van der Waals surface area contributed by atoms with E-state index in [2.05, 4.69) is 36.4 Å². The standard InChI is InChI=1S/C16H26N2O/c1-11-9-14-15(5-4-6-16(14)19)18(11)10-12(2)17(3)13-7-8-13/h9,12-13,16,19H,4-8,10H2,1-3H3. The molecule has 106 valence electrons. The molecule has 1 N–H and O–H groups in total. The fourth-order valence-corrected chi connectivity index (χ4v) is 3.43. The normalized spacial score (nSPS) is 24.6. The summed E-state index contributed by atoms with van der Waals surface area (Å²) in [5.41, 5.74) is 3.87. The van der Waals surface area contributed by atoms with E-state index in [0.29, 0.717) is 6.04 Å². The van der Waals surface area contributed by atoms with Gasteiger partial charge in [-0.2, -0.15) is 0 Å². The van der Waals surface area contributed by atoms with Crippen LogP contribution in [0.3, 0.4) is 0 Å². The molecule has 2 unspecified atom stereocenters. The van der Waals surface area contributed by atoms with Crippen LogP contribution >= 0.6 is 0 Å². The highest BCUT2D eigenvalue weighted by Crippen LogP contribution is 2.33. The molecule has 1 aromatic heterocycles. The van der Waals surface area contributed by atoms with Crippen molar-refractivity contribution in [2.45, 2.75) is 70.7 Å². The van der Waals surface area contributed by atoms with E-state index in [1.54, 1.807) is 0 Å². The van der Waals surface area contributed by atoms with E-state index in [0.717, 1.165) is 31.8 Å². The molecule has 0 bridgehead atoms. The zero-order chi connectivity index (χ0) is 13.6. The summed E-state index contributed by atoms with van der Waals surface area (Å²) in [7, 11) is 2.25. The zero-order valence-electron chi connectivity index (χ0n) is 12.4. The van der Waals surface area contributed by atoms with Gasteiger partial charge in [-0.3, -0.25) is 4.90 Å². The molecule has 1 fully saturated rings. The molecule has 1 aromatic rings. The molecule has 3 nitrogen and oxygen atoms in total. The zero-order valence-corrected chi connectivity index (χ0v) is 12.4. The average Bonchev–Trinajstić information content (AvgIpc) is 3.17. The number of rotatable bonds is 4. The largest absolute Gasteiger partial charge is 0.388 e. The van der Waals surface area contributed by atoms with Crippen LogP contribution in [0.5, 0.6) is 0 Å². The predicted octanol–water partition coefficient (Wildman–Crippen LogP) is 2.65. The second-order valence-electron chi connectivity index (χ2n) is 6.45. The summed E-state index contributed by atoms with van der Waals surface area (Å²) in [4.78, 5) is 2.52. The molecule has 0 aromatic carbocycles. The van der Waals surface area contributed by atoms with Crippen LogP contribution in [0.1, 0.15) is 55.7 Å². The fourth-order valence-electron chi connectivity index (χ4n) is 3.43. The van der Waals surface area contributed by atoms with Crippen LogP contribution in [0.15, 0.2) is 6.07 Å². The molecule has 19 heavy (non-hydrogen) atoms. The molecule has 0 aliphatic heterocycles. The monoisotopic (exact) mass is 262 g/mol. The third kappa shape index (κ3) is 2.46. The number of fused-ring (bicyclic) bond motifs is 1. The predicted molar refractivity (Wildman–Crippen MR) is 77.3 cm³/mol. The molecule has 2 aliphatic carbocycles. The van der Waals surface area contributed by atoms with Crippen LogP contribution in [0.2, 0.25) is 0 Å². The molecular formula is C16H26N2O. The Morgan fingerprint density at radius 3 is 2.84 bits per heavy atom. The number of aliphatic hydroxyl groups is 1. The molecule has 0 saturated heterocycles. The maximum Gasteiger partial charge on any atom is 0.0807 e. The van der Waals surface area contributed by atoms with Gasteiger partial charge in [0.15, 0.2) is 0 Å². The van der Waals surface area contributed by atoms with E-state index < -0.39 is 0 Å². The smallest absolute Gasteiger partial charge is 0.0807 e. The van der Waals surface area contributed by atoms with Crippen LogP contribution in [-0.2, 0) is 13.0 Å². The quantitative estimate of drug-likeness (QED) is 0.903. The number of nitrogens with zero attached hydrogens (tertiary/aromatic N) is 2. The fraction of sp³-hybridized carbons (Fsp3) is 0.750. The van der Waals surface area contributed by atoms with E-state index in [-0.39, 0.29) is 6.10 Å². The van der Waals surface area contributed by atoms with Crippen molar-refractivity contribution in [3.05, 3.63) is 23.0 Å². The number of aliphatic hydroxyl groups excluding tert-OH is 1. The molecule has 2 atom stereocenters. The number of aromatic nitrogens is 1. The van der Waals surface area contributed by atoms with Crippen molar-refractivity contribution in [2.24, 2.45) is 0 Å². The molecule has 3 rings (SSSR count). The Balaban J connectivity index is 1.80. The SMILES string of the molecule is Cc1cc2c(n1CC(C)N(C)C1CC1)CCCC2O. The highest BCUT2D eigenvalue weighted by atomic mass is 16.3. The van der Waals surface area contributed by atoms with E-state index in [4.69, 9.17) is 0 Å². The van der Waals surface area contributed by atoms with Gasteiger partial charge in [0, 0.05) is 35.6 Å². The summed E-state index contributed by atoms with van der Waals surface area (Å²) in [6, 6.07) is 3.58. The van der Waals surface area contributed by atoms with Crippen molar-refractivity contribution >= 4 is 0 Å². The third-order valence-electron chi connectivity index (χ3n) is 4.96. The third-order valence-corrected chi connectivity index (χ3v) is 4.96. The maximum absolute atomic E-state index is 10.1. The number of likely N-dealkylation sites (N-methyl/N-ethyl adjacent to an activating group) is 1. The van der Waals surface area contributed by atoms with Gasteiger partial charge in [-0.05, 0) is 59.1 Å². The molecule has 0 radical (unpaired) electrons. The van der Waals surface area contributed by atoms with Gasteiger partial charge in [0.2, 0.25) is 0 Å². The summed E-state index contributed by atoms with van der Waals surface area (Å²) in [5, 5.41) is 10.1. The molecule has 0 spiro atoms. The first-order valence-electron chi connectivity index (χ1n) is 7.67. The number of hydrogen-bond donors (Lipinski definition) is 1. The van der Waals surface area contributed by atoms with Crippen molar-refractivity contribution in [3.8, 4) is 0 Å². The first-order valence-corrected chi connectivity index (χ1v) is 7.67. The lowest BCUT2D eigenvalue weighted by atomic mass is 9.95. The summed E-state index contributed by atoms with van der Waals surface area (Å²) in [5.74, 6) is 0. The van der Waals surface area contributed by atoms with Crippen LogP contribution in [0.4, 0.5) is 0 Å². The topological polar surface area (TPSA) is 28.4 Å². The van der Waals surface area contributed by atoms with E-state index in [1.165, 1.54) is 29.8 Å². The van der Waals surface area contributed by atoms with Gasteiger partial charge in [-0.25, -0.2) is 0 Å². The Hall–Kier alpha value is -0.800. The lowest BCUT2D eigenvalue weighted by molar-refractivity contribution is 0.154. The van der Waals surface area contributed by atoms with Gasteiger partial charge in [0.05, 0.1) is 6.10 Å². The van der Waals surface area contributed by atoms with Crippen molar-refractivity contribution in [2.75, 3.05) is 7.05 Å². The van der Waals surface area contributed by atoms with Crippen molar-refractivity contribution in [1.82, 2.24) is 9.47 Å². The van der Waals surface area contributed by atoms with Crippen molar-refractivity contribution in [1.29, 1.82) is 0 Å². The molecule has 0 amide bonds. The van der Waals surface area contributed by atoms with E-state index >= 15 is 0 Å². The molecular weight excluding hydrogens is 236 g/mol. The minimum atomic E-state index is -0.236. The van der Waals surface area contributed by atoms with Gasteiger partial charge >= 0.3 is 0 Å². The summed E-state index contributed by atoms with van der Waals surface area (Å²) in [6.07, 6.45) is 5.66. The van der Waals surface area contributed by atoms with E-state index in [1.807, 2.05) is 0 Å². The van der Waals surface area contributed by atoms with E-state index in [9.17, 15) is 5.11 Å². The van der Waals surface area contributed by atoms with Gasteiger partial charge in [0.1, 0.15) is 0 Å². The second kappa shape index (κ2) is 4.95. The van der Waals surface area contributed by atoms with Gasteiger partial charge in [0.25, 0.3) is 0 Å². The van der Waals surface area contributed by atoms with Crippen LogP contribution in [0, 0.1) is 6.92 Å². The first kappa shape index (κ1) is 13.2. The van der Waals surface area contributed by atoms with Crippen LogP contribution in [-0.4, -0.2) is 33.7 Å². The van der Waals surface area contributed by atoms with Gasteiger partial charge in [-0.15, -0.1) is 0 Å². The van der Waals surface area contributed by atoms with Gasteiger partial charge in [-0.1, -0.05) is 0 Å². The molecule has 3 heteroatoms. The van der Waals surface area contributed by atoms with Gasteiger partial charge < -0.3 is 9.67 Å². The van der Waals surface area contributed by atoms with Crippen LogP contribution < -0.4 is 0 Å². The number of hydrogen-bond acceptors (Lipinski definition) is 2. The van der Waals surface area contributed by atoms with Crippen LogP contribution in [0.25, 0.3) is 0 Å². The Kier molecular flexibility index (Phi) is 3.44. The summed E-state index contributed by atoms with van der Waals surface area (Å²) < 4.78 is 2.45. The Morgan fingerprint density at radius 2 is 2.16 bits per heavy atom. The Bertz CT molecular complexity index is 462. The Labute approximate surface area is 116 Å². The molecule has 2 aliphatic rings. The Morgan fingerprint density at radius 1 is 1.42 bits per heavy atom. The lowest BCUT2D eigenvalue weighted by Crippen LogP contribution is -2.35. The second-order valence-corrected chi connectivity index (χ2v) is 6.45. The highest BCUT2D eigenvalue weighted by molar-refractivity contribution is 5.31. The van der Waals surface area contributed by atoms with Crippen molar-refractivity contribution < 1.29 is 5.11 Å². The van der Waals surface area contributed by atoms with Crippen molar-refractivity contribution in [3.63, 3.8) is 0 Å². The molecule has 1 heterocycles. The highest BCUT2D eigenvalue weighted by Gasteiger charge is 2.30. The lowest BCUT2D eigenvalue weighted by Gasteiger charge is -2.27. The summed E-state index contributed by atoms with van der Waals surface area (Å²) >= 11 is 0. The minimum absolute atomic E-state index is 0.236. The minimum Gasteiger partial charge on any atom is -0.388 e. The number of aryl methyl sites for hydroxylation is 1. The first-order chi connectivity index (χ1) is 9.08. The maximum atomic E-state index is 10.1. The summed E-state index contributed by atoms with van der Waals surface area (Å²) in [6.45, 7) is 5.55.